The summed E-state index contributed by atoms with van der Waals surface area (Å²) in [7, 11) is 0. The molecular weight excluding hydrogens is 478 g/mol. The van der Waals surface area contributed by atoms with Gasteiger partial charge < -0.3 is 14.6 Å². The van der Waals surface area contributed by atoms with Crippen LogP contribution in [0.4, 0.5) is 5.69 Å². The van der Waals surface area contributed by atoms with Gasteiger partial charge in [-0.1, -0.05) is 67.3 Å². The molecule has 0 radical (unpaired) electrons. The number of hydrogen-bond acceptors (Lipinski definition) is 5. The van der Waals surface area contributed by atoms with E-state index in [0.29, 0.717) is 15.8 Å². The summed E-state index contributed by atoms with van der Waals surface area (Å²) in [6.45, 7) is 3.61. The number of benzene rings is 2. The minimum absolute atomic E-state index is 0.0507. The maximum atomic E-state index is 13.2. The molecule has 0 unspecified atom stereocenters. The monoisotopic (exact) mass is 505 g/mol. The van der Waals surface area contributed by atoms with Gasteiger partial charge in [-0.15, -0.1) is 0 Å². The van der Waals surface area contributed by atoms with E-state index in [1.54, 1.807) is 4.90 Å². The van der Waals surface area contributed by atoms with Gasteiger partial charge in [-0.2, -0.15) is 0 Å². The predicted molar refractivity (Wildman–Crippen MR) is 145 cm³/mol. The molecule has 2 saturated heterocycles. The molecule has 2 amide bonds. The number of carbonyl (C=O) groups is 2. The molecule has 8 heteroatoms. The molecule has 6 nitrogen and oxygen atoms in total. The Balaban J connectivity index is 1.44. The van der Waals surface area contributed by atoms with Crippen molar-refractivity contribution in [3.8, 4) is 0 Å². The highest BCUT2D eigenvalue weighted by molar-refractivity contribution is 8.27. The van der Waals surface area contributed by atoms with E-state index in [1.807, 2.05) is 59.3 Å². The van der Waals surface area contributed by atoms with Crippen LogP contribution in [0, 0.1) is 0 Å². The number of nitrogens with zero attached hydrogens (tertiary/aromatic N) is 2. The van der Waals surface area contributed by atoms with Gasteiger partial charge in [0.1, 0.15) is 6.54 Å². The van der Waals surface area contributed by atoms with Crippen LogP contribution in [0.2, 0.25) is 0 Å². The van der Waals surface area contributed by atoms with Crippen LogP contribution in [0.25, 0.3) is 17.0 Å². The average molecular weight is 506 g/mol. The third kappa shape index (κ3) is 4.91. The van der Waals surface area contributed by atoms with Crippen molar-refractivity contribution < 1.29 is 14.3 Å². The van der Waals surface area contributed by atoms with Crippen LogP contribution >= 0.6 is 24.0 Å². The second kappa shape index (κ2) is 10.4. The van der Waals surface area contributed by atoms with Crippen molar-refractivity contribution in [1.29, 1.82) is 0 Å². The molecule has 35 heavy (non-hydrogen) atoms. The summed E-state index contributed by atoms with van der Waals surface area (Å²) >= 11 is 6.83. The second-order valence-corrected chi connectivity index (χ2v) is 10.3. The van der Waals surface area contributed by atoms with Gasteiger partial charge in [-0.3, -0.25) is 14.5 Å². The lowest BCUT2D eigenvalue weighted by Crippen LogP contribution is -2.34. The Labute approximate surface area is 214 Å². The number of thioether (sulfide) groups is 1. The number of amides is 2. The lowest BCUT2D eigenvalue weighted by Gasteiger charge is -2.13. The van der Waals surface area contributed by atoms with E-state index in [1.165, 1.54) is 11.8 Å². The number of aromatic nitrogens is 1. The summed E-state index contributed by atoms with van der Waals surface area (Å²) in [5, 5.41) is 4.03. The molecule has 2 aliphatic rings. The topological polar surface area (TPSA) is 63.6 Å². The Hall–Kier alpha value is -2.94. The van der Waals surface area contributed by atoms with Gasteiger partial charge in [-0.25, -0.2) is 0 Å². The Morgan fingerprint density at radius 3 is 2.80 bits per heavy atom. The largest absolute Gasteiger partial charge is 0.376 e. The fourth-order valence-corrected chi connectivity index (χ4v) is 5.93. The van der Waals surface area contributed by atoms with Crippen molar-refractivity contribution in [3.63, 3.8) is 0 Å². The summed E-state index contributed by atoms with van der Waals surface area (Å²) in [5.41, 5.74) is 3.84. The van der Waals surface area contributed by atoms with Gasteiger partial charge >= 0.3 is 0 Å². The van der Waals surface area contributed by atoms with E-state index in [-0.39, 0.29) is 24.5 Å². The van der Waals surface area contributed by atoms with Crippen LogP contribution in [-0.4, -0.2) is 40.0 Å². The summed E-state index contributed by atoms with van der Waals surface area (Å²) in [5.74, 6) is -0.182. The normalized spacial score (nSPS) is 19.3. The van der Waals surface area contributed by atoms with E-state index in [0.717, 1.165) is 53.6 Å². The van der Waals surface area contributed by atoms with Crippen LogP contribution in [0.15, 0.2) is 59.6 Å². The maximum Gasteiger partial charge on any atom is 0.270 e. The number of fused-ring (bicyclic) bond motifs is 1. The molecule has 0 spiro atoms. The van der Waals surface area contributed by atoms with Crippen LogP contribution < -0.4 is 10.2 Å². The van der Waals surface area contributed by atoms with Gasteiger partial charge in [0.2, 0.25) is 5.91 Å². The number of ether oxygens (including phenoxy) is 1. The quantitative estimate of drug-likeness (QED) is 0.365. The number of rotatable bonds is 7. The van der Waals surface area contributed by atoms with E-state index >= 15 is 0 Å². The van der Waals surface area contributed by atoms with E-state index < -0.39 is 0 Å². The minimum atomic E-state index is -0.131. The van der Waals surface area contributed by atoms with Crippen molar-refractivity contribution in [3.05, 3.63) is 70.8 Å². The molecule has 5 rings (SSSR count). The van der Waals surface area contributed by atoms with Crippen LogP contribution in [-0.2, 0) is 27.3 Å². The first-order valence-electron chi connectivity index (χ1n) is 11.9. The Bertz CT molecular complexity index is 1310. The number of hydrogen-bond donors (Lipinski definition) is 1. The molecule has 1 N–H and O–H groups in total. The molecule has 180 valence electrons. The number of anilines is 1. The molecule has 3 heterocycles. The number of aryl methyl sites for hydroxylation is 1. The van der Waals surface area contributed by atoms with Crippen LogP contribution in [0.1, 0.15) is 30.9 Å². The molecule has 3 aromatic rings. The zero-order valence-corrected chi connectivity index (χ0v) is 21.2. The van der Waals surface area contributed by atoms with Crippen molar-refractivity contribution in [2.24, 2.45) is 0 Å². The third-order valence-corrected chi connectivity index (χ3v) is 7.66. The van der Waals surface area contributed by atoms with Gasteiger partial charge in [0.05, 0.1) is 22.2 Å². The molecule has 2 aliphatic heterocycles. The Morgan fingerprint density at radius 2 is 2.06 bits per heavy atom. The van der Waals surface area contributed by atoms with Gasteiger partial charge in [-0.05, 0) is 43.0 Å². The Morgan fingerprint density at radius 1 is 1.23 bits per heavy atom. The highest BCUT2D eigenvalue weighted by Gasteiger charge is 2.33. The van der Waals surface area contributed by atoms with E-state index in [4.69, 9.17) is 17.0 Å². The number of para-hydroxylation sites is 2. The second-order valence-electron chi connectivity index (χ2n) is 8.67. The number of thiocarbonyl (C=S) groups is 1. The van der Waals surface area contributed by atoms with Gasteiger partial charge in [0.25, 0.3) is 5.91 Å². The van der Waals surface area contributed by atoms with Crippen molar-refractivity contribution >= 4 is 62.8 Å². The first-order valence-corrected chi connectivity index (χ1v) is 13.1. The molecule has 2 fully saturated rings. The lowest BCUT2D eigenvalue weighted by molar-refractivity contribution is -0.122. The minimum Gasteiger partial charge on any atom is -0.376 e. The van der Waals surface area contributed by atoms with Gasteiger partial charge in [0.15, 0.2) is 4.32 Å². The first-order chi connectivity index (χ1) is 17.0. The first kappa shape index (κ1) is 23.8. The molecule has 2 aromatic carbocycles. The SMILES string of the molecule is CCc1cccc2c(/C=C3\SC(=S)N(c4ccccc4)C3=O)cn(CC(=O)NC[C@@H]3CCCO3)c12. The highest BCUT2D eigenvalue weighted by atomic mass is 32.2. The van der Waals surface area contributed by atoms with Crippen LogP contribution in [0.3, 0.4) is 0 Å². The number of carbonyl (C=O) groups excluding carboxylic acids is 2. The zero-order chi connectivity index (χ0) is 24.4. The highest BCUT2D eigenvalue weighted by Crippen LogP contribution is 2.37. The smallest absolute Gasteiger partial charge is 0.270 e. The standard InChI is InChI=1S/C27H27N3O3S2/c1-2-18-8-6-12-22-19(14-23-26(32)30(27(34)35-23)20-9-4-3-5-10-20)16-29(25(18)22)17-24(31)28-15-21-11-7-13-33-21/h3-6,8-10,12,14,16,21H,2,7,11,13,15,17H2,1H3,(H,28,31)/b23-14-/t21-/m0/s1. The molecule has 0 saturated carbocycles. The summed E-state index contributed by atoms with van der Waals surface area (Å²) in [6, 6.07) is 15.6. The number of nitrogens with one attached hydrogen (secondary N) is 1. The fraction of sp³-hybridized carbons (Fsp3) is 0.296. The summed E-state index contributed by atoms with van der Waals surface area (Å²) in [6.07, 6.45) is 6.83. The van der Waals surface area contributed by atoms with Crippen molar-refractivity contribution in [1.82, 2.24) is 9.88 Å². The Kier molecular flexibility index (Phi) is 7.04. The molecule has 1 aromatic heterocycles. The predicted octanol–water partition coefficient (Wildman–Crippen LogP) is 4.90. The third-order valence-electron chi connectivity index (χ3n) is 6.35. The molecule has 0 aliphatic carbocycles. The molecular formula is C27H27N3O3S2. The molecule has 1 atom stereocenters. The average Bonchev–Trinajstić information content (AvgIpc) is 3.57. The van der Waals surface area contributed by atoms with Crippen LogP contribution in [0.5, 0.6) is 0 Å². The zero-order valence-electron chi connectivity index (χ0n) is 19.5. The summed E-state index contributed by atoms with van der Waals surface area (Å²) in [4.78, 5) is 28.2. The fourth-order valence-electron chi connectivity index (χ4n) is 4.64. The van der Waals surface area contributed by atoms with Gasteiger partial charge in [0, 0.05) is 30.3 Å². The van der Waals surface area contributed by atoms with E-state index in [2.05, 4.69) is 18.3 Å². The summed E-state index contributed by atoms with van der Waals surface area (Å²) < 4.78 is 8.12. The van der Waals surface area contributed by atoms with Crippen molar-refractivity contribution in [2.75, 3.05) is 18.1 Å². The van der Waals surface area contributed by atoms with E-state index in [9.17, 15) is 9.59 Å². The molecule has 0 bridgehead atoms. The maximum absolute atomic E-state index is 13.2. The lowest BCUT2D eigenvalue weighted by atomic mass is 10.1. The van der Waals surface area contributed by atoms with Crippen molar-refractivity contribution in [2.45, 2.75) is 38.8 Å².